The van der Waals surface area contributed by atoms with Gasteiger partial charge in [0.15, 0.2) is 11.5 Å². The first-order chi connectivity index (χ1) is 7.00. The zero-order valence-electron chi connectivity index (χ0n) is 8.34. The van der Waals surface area contributed by atoms with E-state index in [2.05, 4.69) is 4.98 Å². The molecule has 1 aromatic carbocycles. The average molecular weight is 245 g/mol. The van der Waals surface area contributed by atoms with Crippen LogP contribution in [0.5, 0.6) is 0 Å². The fourth-order valence-corrected chi connectivity index (χ4v) is 1.78. The topological polar surface area (TPSA) is 52.0 Å². The summed E-state index contributed by atoms with van der Waals surface area (Å²) in [4.78, 5) is 4.28. The molecule has 3 nitrogen and oxygen atoms in total. The quantitative estimate of drug-likeness (QED) is 0.776. The Morgan fingerprint density at radius 3 is 2.60 bits per heavy atom. The Bertz CT molecular complexity index is 520. The number of nitrogen functional groups attached to an aromatic ring is 1. The number of hydrogen-bond donors (Lipinski definition) is 1. The Morgan fingerprint density at radius 2 is 2.00 bits per heavy atom. The third-order valence-corrected chi connectivity index (χ3v) is 2.72. The Balaban J connectivity index is 2.80. The second-order valence-electron chi connectivity index (χ2n) is 3.64. The monoisotopic (exact) mass is 244 g/mol. The average Bonchev–Trinajstić information content (AvgIpc) is 2.59. The molecule has 5 heteroatoms. The van der Waals surface area contributed by atoms with Crippen molar-refractivity contribution in [1.29, 1.82) is 0 Å². The third-order valence-electron chi connectivity index (χ3n) is 2.12. The second-order valence-corrected chi connectivity index (χ2v) is 4.45. The van der Waals surface area contributed by atoms with E-state index in [1.807, 2.05) is 13.8 Å². The number of hydrogen-bond acceptors (Lipinski definition) is 3. The molecule has 0 atom stereocenters. The molecule has 0 spiro atoms. The zero-order chi connectivity index (χ0) is 11.2. The highest BCUT2D eigenvalue weighted by Gasteiger charge is 2.16. The van der Waals surface area contributed by atoms with Gasteiger partial charge in [-0.25, -0.2) is 4.98 Å². The highest BCUT2D eigenvalue weighted by Crippen LogP contribution is 2.35. The number of halogens is 2. The minimum atomic E-state index is 0.187. The lowest BCUT2D eigenvalue weighted by atomic mass is 10.2. The summed E-state index contributed by atoms with van der Waals surface area (Å²) in [6.07, 6.45) is 0. The third kappa shape index (κ3) is 1.66. The van der Waals surface area contributed by atoms with Gasteiger partial charge in [0.25, 0.3) is 0 Å². The van der Waals surface area contributed by atoms with Crippen molar-refractivity contribution in [2.24, 2.45) is 0 Å². The lowest BCUT2D eigenvalue weighted by Crippen LogP contribution is -1.87. The van der Waals surface area contributed by atoms with E-state index in [-0.39, 0.29) is 5.92 Å². The summed E-state index contributed by atoms with van der Waals surface area (Å²) in [7, 11) is 0. The van der Waals surface area contributed by atoms with Crippen molar-refractivity contribution < 1.29 is 4.42 Å². The predicted octanol–water partition coefficient (Wildman–Crippen LogP) is 3.84. The van der Waals surface area contributed by atoms with Gasteiger partial charge in [0.05, 0.1) is 15.7 Å². The number of nitrogens with zero attached hydrogens (tertiary/aromatic N) is 1. The fourth-order valence-electron chi connectivity index (χ4n) is 1.29. The molecular formula is C10H10Cl2N2O. The summed E-state index contributed by atoms with van der Waals surface area (Å²) < 4.78 is 5.52. The molecule has 0 aliphatic rings. The molecule has 0 saturated carbocycles. The van der Waals surface area contributed by atoms with Crippen LogP contribution in [0.25, 0.3) is 11.1 Å². The fraction of sp³-hybridized carbons (Fsp3) is 0.300. The summed E-state index contributed by atoms with van der Waals surface area (Å²) in [5, 5.41) is 0.846. The van der Waals surface area contributed by atoms with E-state index in [4.69, 9.17) is 33.4 Å². The molecule has 2 aromatic rings. The largest absolute Gasteiger partial charge is 0.438 e. The van der Waals surface area contributed by atoms with Crippen molar-refractivity contribution in [3.05, 3.63) is 22.0 Å². The highest BCUT2D eigenvalue weighted by molar-refractivity contribution is 6.40. The van der Waals surface area contributed by atoms with E-state index in [0.717, 1.165) is 0 Å². The van der Waals surface area contributed by atoms with Crippen molar-refractivity contribution in [3.63, 3.8) is 0 Å². The number of rotatable bonds is 1. The van der Waals surface area contributed by atoms with Crippen molar-refractivity contribution >= 4 is 40.0 Å². The van der Waals surface area contributed by atoms with Crippen LogP contribution in [0, 0.1) is 0 Å². The molecule has 0 amide bonds. The molecule has 15 heavy (non-hydrogen) atoms. The van der Waals surface area contributed by atoms with E-state index in [1.165, 1.54) is 0 Å². The summed E-state index contributed by atoms with van der Waals surface area (Å²) in [5.74, 6) is 0.799. The summed E-state index contributed by atoms with van der Waals surface area (Å²) >= 11 is 11.9. The lowest BCUT2D eigenvalue weighted by molar-refractivity contribution is 0.502. The summed E-state index contributed by atoms with van der Waals surface area (Å²) in [5.41, 5.74) is 7.20. The second kappa shape index (κ2) is 3.58. The van der Waals surface area contributed by atoms with Crippen molar-refractivity contribution in [1.82, 2.24) is 4.98 Å². The lowest BCUT2D eigenvalue weighted by Gasteiger charge is -1.98. The van der Waals surface area contributed by atoms with Gasteiger partial charge in [-0.2, -0.15) is 0 Å². The first-order valence-corrected chi connectivity index (χ1v) is 5.30. The van der Waals surface area contributed by atoms with Gasteiger partial charge in [-0.05, 0) is 6.07 Å². The first kappa shape index (κ1) is 10.6. The molecule has 0 unspecified atom stereocenters. The van der Waals surface area contributed by atoms with Crippen LogP contribution in [-0.4, -0.2) is 4.98 Å². The van der Waals surface area contributed by atoms with E-state index < -0.39 is 0 Å². The molecular weight excluding hydrogens is 235 g/mol. The number of oxazole rings is 1. The molecule has 1 heterocycles. The molecule has 0 saturated heterocycles. The maximum atomic E-state index is 5.99. The number of fused-ring (bicyclic) bond motifs is 1. The molecule has 1 aromatic heterocycles. The normalized spacial score (nSPS) is 11.5. The SMILES string of the molecule is CC(C)c1nc2c(Cl)cc(Cl)c(N)c2o1. The summed E-state index contributed by atoms with van der Waals surface area (Å²) in [6.45, 7) is 3.97. The predicted molar refractivity (Wildman–Crippen MR) is 62.5 cm³/mol. The van der Waals surface area contributed by atoms with Gasteiger partial charge in [-0.1, -0.05) is 37.0 Å². The maximum absolute atomic E-state index is 5.99. The van der Waals surface area contributed by atoms with Crippen LogP contribution in [0.2, 0.25) is 10.0 Å². The number of anilines is 1. The van der Waals surface area contributed by atoms with Gasteiger partial charge in [-0.15, -0.1) is 0 Å². The Morgan fingerprint density at radius 1 is 1.33 bits per heavy atom. The van der Waals surface area contributed by atoms with Gasteiger partial charge < -0.3 is 10.2 Å². The van der Waals surface area contributed by atoms with Gasteiger partial charge in [-0.3, -0.25) is 0 Å². The van der Waals surface area contributed by atoms with Crippen molar-refractivity contribution in [2.45, 2.75) is 19.8 Å². The van der Waals surface area contributed by atoms with E-state index in [1.54, 1.807) is 6.07 Å². The molecule has 0 radical (unpaired) electrons. The molecule has 80 valence electrons. The standard InChI is InChI=1S/C10H10Cl2N2O/c1-4(2)10-14-8-6(12)3-5(11)7(13)9(8)15-10/h3-4H,13H2,1-2H3. The van der Waals surface area contributed by atoms with Crippen LogP contribution in [-0.2, 0) is 0 Å². The minimum absolute atomic E-state index is 0.187. The van der Waals surface area contributed by atoms with Gasteiger partial charge >= 0.3 is 0 Å². The van der Waals surface area contributed by atoms with Gasteiger partial charge in [0.2, 0.25) is 0 Å². The Labute approximate surface area is 97.2 Å². The van der Waals surface area contributed by atoms with Crippen LogP contribution >= 0.6 is 23.2 Å². The van der Waals surface area contributed by atoms with Gasteiger partial charge in [0, 0.05) is 5.92 Å². The Hall–Kier alpha value is -0.930. The maximum Gasteiger partial charge on any atom is 0.198 e. The molecule has 0 aliphatic carbocycles. The number of aromatic nitrogens is 1. The summed E-state index contributed by atoms with van der Waals surface area (Å²) in [6, 6.07) is 1.58. The Kier molecular flexibility index (Phi) is 2.52. The zero-order valence-corrected chi connectivity index (χ0v) is 9.86. The van der Waals surface area contributed by atoms with Crippen LogP contribution in [0.3, 0.4) is 0 Å². The van der Waals surface area contributed by atoms with Gasteiger partial charge in [0.1, 0.15) is 5.52 Å². The van der Waals surface area contributed by atoms with Crippen LogP contribution in [0.15, 0.2) is 10.5 Å². The van der Waals surface area contributed by atoms with Crippen LogP contribution in [0.1, 0.15) is 25.7 Å². The highest BCUT2D eigenvalue weighted by atomic mass is 35.5. The molecule has 0 bridgehead atoms. The molecule has 2 rings (SSSR count). The van der Waals surface area contributed by atoms with E-state index in [9.17, 15) is 0 Å². The van der Waals surface area contributed by atoms with Crippen molar-refractivity contribution in [3.8, 4) is 0 Å². The minimum Gasteiger partial charge on any atom is -0.438 e. The van der Waals surface area contributed by atoms with Crippen LogP contribution in [0.4, 0.5) is 5.69 Å². The molecule has 0 aliphatic heterocycles. The van der Waals surface area contributed by atoms with Crippen molar-refractivity contribution in [2.75, 3.05) is 5.73 Å². The number of nitrogens with two attached hydrogens (primary N) is 1. The molecule has 0 fully saturated rings. The molecule has 2 N–H and O–H groups in total. The first-order valence-electron chi connectivity index (χ1n) is 4.54. The number of benzene rings is 1. The van der Waals surface area contributed by atoms with E-state index >= 15 is 0 Å². The smallest absolute Gasteiger partial charge is 0.198 e. The van der Waals surface area contributed by atoms with E-state index in [0.29, 0.717) is 32.7 Å². The van der Waals surface area contributed by atoms with Crippen LogP contribution < -0.4 is 5.73 Å².